The van der Waals surface area contributed by atoms with Gasteiger partial charge in [-0.15, -0.1) is 11.3 Å². The molecule has 3 atom stereocenters. The summed E-state index contributed by atoms with van der Waals surface area (Å²) in [4.78, 5) is 26.9. The zero-order chi connectivity index (χ0) is 35.7. The first-order valence-corrected chi connectivity index (χ1v) is 17.2. The average molecular weight is 718 g/mol. The fourth-order valence-electron chi connectivity index (χ4n) is 7.96. The van der Waals surface area contributed by atoms with Crippen molar-refractivity contribution in [3.63, 3.8) is 0 Å². The number of amides is 1. The highest BCUT2D eigenvalue weighted by molar-refractivity contribution is 7.23. The van der Waals surface area contributed by atoms with E-state index < -0.39 is 52.2 Å². The Morgan fingerprint density at radius 2 is 2.00 bits per heavy atom. The zero-order valence-electron chi connectivity index (χ0n) is 27.2. The van der Waals surface area contributed by atoms with E-state index in [4.69, 9.17) is 10.5 Å². The first-order valence-electron chi connectivity index (χ1n) is 16.4. The first kappa shape index (κ1) is 34.1. The van der Waals surface area contributed by atoms with Crippen LogP contribution < -0.4 is 15.4 Å². The quantitative estimate of drug-likeness (QED) is 0.202. The Hall–Kier alpha value is -4.36. The van der Waals surface area contributed by atoms with Crippen molar-refractivity contribution in [1.82, 2.24) is 19.8 Å². The predicted octanol–water partition coefficient (Wildman–Crippen LogP) is 6.66. The van der Waals surface area contributed by atoms with Crippen LogP contribution in [0.4, 0.5) is 37.2 Å². The highest BCUT2D eigenvalue weighted by Gasteiger charge is 2.49. The molecule has 3 fully saturated rings. The van der Waals surface area contributed by atoms with Crippen molar-refractivity contribution in [3.8, 4) is 23.2 Å². The van der Waals surface area contributed by atoms with Gasteiger partial charge in [0, 0.05) is 55.4 Å². The third kappa shape index (κ3) is 5.45. The lowest BCUT2D eigenvalue weighted by Gasteiger charge is -2.32. The number of ether oxygens (including phenoxy) is 1. The molecule has 4 aromatic rings. The molecule has 0 radical (unpaired) electrons. The minimum Gasteiger partial charge on any atom is -0.461 e. The maximum Gasteiger partial charge on any atom is 0.417 e. The number of nitriles is 1. The number of alkyl halides is 4. The van der Waals surface area contributed by atoms with E-state index in [1.165, 1.54) is 0 Å². The maximum absolute atomic E-state index is 17.1. The number of hydrogen-bond acceptors (Lipinski definition) is 9. The van der Waals surface area contributed by atoms with E-state index in [0.29, 0.717) is 30.8 Å². The number of carbonyl (C=O) groups is 1. The van der Waals surface area contributed by atoms with Gasteiger partial charge in [-0.3, -0.25) is 9.69 Å². The Balaban J connectivity index is 1.47. The molecular formula is C34H33F6N7O2S. The number of likely N-dealkylation sites (N-methyl/N-ethyl adjacent to an activating group) is 2. The molecule has 0 spiro atoms. The van der Waals surface area contributed by atoms with E-state index in [1.807, 2.05) is 17.9 Å². The summed E-state index contributed by atoms with van der Waals surface area (Å²) in [5.41, 5.74) is 1.84. The van der Waals surface area contributed by atoms with Gasteiger partial charge >= 0.3 is 12.2 Å². The number of carbonyl (C=O) groups excluding carboxylic acids is 1. The Bertz CT molecular complexity index is 2070. The van der Waals surface area contributed by atoms with Crippen LogP contribution in [0.2, 0.25) is 0 Å². The molecule has 50 heavy (non-hydrogen) atoms. The van der Waals surface area contributed by atoms with Crippen LogP contribution in [0.15, 0.2) is 18.2 Å². The Labute approximate surface area is 287 Å². The van der Waals surface area contributed by atoms with Crippen LogP contribution in [0.1, 0.15) is 50.7 Å². The fourth-order valence-corrected chi connectivity index (χ4v) is 8.91. The molecule has 9 nitrogen and oxygen atoms in total. The molecule has 3 saturated heterocycles. The Kier molecular flexibility index (Phi) is 8.49. The summed E-state index contributed by atoms with van der Waals surface area (Å²) in [7, 11) is 0. The van der Waals surface area contributed by atoms with Crippen molar-refractivity contribution in [2.45, 2.75) is 63.5 Å². The molecule has 3 aliphatic heterocycles. The summed E-state index contributed by atoms with van der Waals surface area (Å²) < 4.78 is 97.5. The minimum atomic E-state index is -5.12. The van der Waals surface area contributed by atoms with Crippen molar-refractivity contribution in [3.05, 3.63) is 41.0 Å². The lowest BCUT2D eigenvalue weighted by Crippen LogP contribution is -2.43. The van der Waals surface area contributed by atoms with Crippen molar-refractivity contribution < 1.29 is 35.9 Å². The maximum atomic E-state index is 17.1. The average Bonchev–Trinajstić information content (AvgIpc) is 3.81. The molecule has 1 amide bonds. The SMILES string of the molecule is CCN1CC(N(CC)c2nc(OCC34CCCN3CC(F)C4)nc3c(F)c(-c4ccc(F)c5sc(N)c(C#N)c45)c(C(F)(F)F)cc23)CC1=O. The number of thiophene rings is 1. The highest BCUT2D eigenvalue weighted by Crippen LogP contribution is 2.48. The number of hydrogen-bond donors (Lipinski definition) is 1. The summed E-state index contributed by atoms with van der Waals surface area (Å²) in [5, 5.41) is 9.18. The molecule has 3 aliphatic rings. The summed E-state index contributed by atoms with van der Waals surface area (Å²) >= 11 is 0.677. The third-order valence-corrected chi connectivity index (χ3v) is 11.3. The second-order valence-corrected chi connectivity index (χ2v) is 14.1. The molecule has 0 aliphatic carbocycles. The van der Waals surface area contributed by atoms with Gasteiger partial charge in [0.2, 0.25) is 5.91 Å². The van der Waals surface area contributed by atoms with Crippen molar-refractivity contribution in [1.29, 1.82) is 5.26 Å². The van der Waals surface area contributed by atoms with E-state index in [9.17, 15) is 18.8 Å². The van der Waals surface area contributed by atoms with E-state index in [-0.39, 0.29) is 88.4 Å². The van der Waals surface area contributed by atoms with Crippen LogP contribution >= 0.6 is 11.3 Å². The van der Waals surface area contributed by atoms with E-state index in [2.05, 4.69) is 9.97 Å². The summed E-state index contributed by atoms with van der Waals surface area (Å²) in [6.07, 6.45) is -4.40. The standard InChI is InChI=1S/C34H33F6N7O2S/c1-3-45-15-18(10-24(45)48)47(4-2)31-20-11-22(34(38,39)40)26(19-6-7-23(36)29-25(19)21(13-41)30(42)50-29)27(37)28(20)43-32(44-31)49-16-33-8-5-9-46(33)14-17(35)12-33/h6-7,11,17-18H,3-5,8-10,12,14-16,42H2,1-2H3. The van der Waals surface area contributed by atoms with Gasteiger partial charge in [0.15, 0.2) is 5.82 Å². The van der Waals surface area contributed by atoms with Gasteiger partial charge in [-0.25, -0.2) is 13.2 Å². The molecule has 2 aromatic heterocycles. The largest absolute Gasteiger partial charge is 0.461 e. The van der Waals surface area contributed by atoms with Gasteiger partial charge in [-0.05, 0) is 50.9 Å². The van der Waals surface area contributed by atoms with Crippen molar-refractivity contribution >= 4 is 49.1 Å². The molecule has 7 rings (SSSR count). The molecule has 3 unspecified atom stereocenters. The van der Waals surface area contributed by atoms with Gasteiger partial charge in [-0.1, -0.05) is 6.07 Å². The predicted molar refractivity (Wildman–Crippen MR) is 177 cm³/mol. The number of likely N-dealkylation sites (tertiary alicyclic amines) is 1. The number of halogens is 6. The van der Waals surface area contributed by atoms with Crippen molar-refractivity contribution in [2.24, 2.45) is 0 Å². The molecule has 0 saturated carbocycles. The summed E-state index contributed by atoms with van der Waals surface area (Å²) in [6, 6.07) is 3.65. The number of nitrogens with two attached hydrogens (primary N) is 1. The first-order chi connectivity index (χ1) is 23.8. The normalized spacial score (nSPS) is 22.5. The smallest absolute Gasteiger partial charge is 0.417 e. The summed E-state index contributed by atoms with van der Waals surface area (Å²) in [5.74, 6) is -2.41. The number of nitrogens with zero attached hydrogens (tertiary/aromatic N) is 6. The third-order valence-electron chi connectivity index (χ3n) is 10.3. The van der Waals surface area contributed by atoms with Crippen molar-refractivity contribution in [2.75, 3.05) is 50.0 Å². The number of aromatic nitrogens is 2. The second-order valence-electron chi connectivity index (χ2n) is 13.0. The van der Waals surface area contributed by atoms with Crippen LogP contribution in [0.5, 0.6) is 6.01 Å². The molecule has 0 bridgehead atoms. The minimum absolute atomic E-state index is 0.0244. The van der Waals surface area contributed by atoms with Gasteiger partial charge in [0.25, 0.3) is 0 Å². The number of benzene rings is 2. The molecule has 2 N–H and O–H groups in total. The molecule has 264 valence electrons. The molecule has 5 heterocycles. The Morgan fingerprint density at radius 3 is 2.68 bits per heavy atom. The fraction of sp³-hybridized carbons (Fsp3) is 0.471. The van der Waals surface area contributed by atoms with Gasteiger partial charge in [-0.2, -0.15) is 28.4 Å². The van der Waals surface area contributed by atoms with E-state index in [0.717, 1.165) is 24.6 Å². The van der Waals surface area contributed by atoms with Gasteiger partial charge in [0.05, 0.1) is 27.4 Å². The lowest BCUT2D eigenvalue weighted by atomic mass is 9.92. The number of nitrogen functional groups attached to an aromatic ring is 1. The number of rotatable bonds is 8. The second kappa shape index (κ2) is 12.4. The van der Waals surface area contributed by atoms with Crippen LogP contribution in [0, 0.1) is 23.0 Å². The van der Waals surface area contributed by atoms with Crippen LogP contribution in [0.25, 0.3) is 32.1 Å². The van der Waals surface area contributed by atoms with Crippen LogP contribution in [-0.2, 0) is 11.0 Å². The van der Waals surface area contributed by atoms with Gasteiger partial charge < -0.3 is 20.3 Å². The van der Waals surface area contributed by atoms with Gasteiger partial charge in [0.1, 0.15) is 41.0 Å². The van der Waals surface area contributed by atoms with Crippen LogP contribution in [-0.4, -0.2) is 82.8 Å². The monoisotopic (exact) mass is 717 g/mol. The van der Waals surface area contributed by atoms with E-state index >= 15 is 17.6 Å². The summed E-state index contributed by atoms with van der Waals surface area (Å²) in [6.45, 7) is 5.38. The number of fused-ring (bicyclic) bond motifs is 3. The highest BCUT2D eigenvalue weighted by atomic mass is 32.1. The topological polar surface area (TPSA) is 112 Å². The van der Waals surface area contributed by atoms with Crippen LogP contribution in [0.3, 0.4) is 0 Å². The zero-order valence-corrected chi connectivity index (χ0v) is 28.0. The molecule has 16 heteroatoms. The molecule has 2 aromatic carbocycles. The Morgan fingerprint density at radius 1 is 1.22 bits per heavy atom. The van der Waals surface area contributed by atoms with E-state index in [1.54, 1.807) is 16.7 Å². The molecular weight excluding hydrogens is 684 g/mol. The lowest BCUT2D eigenvalue weighted by molar-refractivity contribution is -0.137. The number of anilines is 2.